The monoisotopic (exact) mass is 558 g/mol. The van der Waals surface area contributed by atoms with Gasteiger partial charge in [0.1, 0.15) is 0 Å². The van der Waals surface area contributed by atoms with Crippen LogP contribution in [0.5, 0.6) is 0 Å². The van der Waals surface area contributed by atoms with Crippen molar-refractivity contribution in [3.8, 4) is 0 Å². The lowest BCUT2D eigenvalue weighted by Gasteiger charge is -2.44. The Morgan fingerprint density at radius 3 is 2.63 bits per heavy atom. The zero-order valence-electron chi connectivity index (χ0n) is 25.8. The second-order valence-electron chi connectivity index (χ2n) is 14.2. The molecular weight excluding hydrogens is 504 g/mol. The van der Waals surface area contributed by atoms with E-state index in [1.54, 1.807) is 0 Å². The molecule has 0 saturated heterocycles. The number of rotatable bonds is 10. The summed E-state index contributed by atoms with van der Waals surface area (Å²) in [7, 11) is 0. The SMILES string of the molecule is C=C1/C(=C\C=C2/CCC[C@]3(C)[C@@H]([C@H](C)/C=C/[C@H](O)C4(c5cccc(CCCCC)c5)CC4)CC[C@@H]23)C[C@@H](O)C[C@@H]1O. The molecule has 0 bridgehead atoms. The Labute approximate surface area is 249 Å². The van der Waals surface area contributed by atoms with Gasteiger partial charge >= 0.3 is 0 Å². The number of hydrogen-bond donors (Lipinski definition) is 3. The van der Waals surface area contributed by atoms with E-state index in [0.29, 0.717) is 30.6 Å². The van der Waals surface area contributed by atoms with E-state index in [4.69, 9.17) is 0 Å². The Hall–Kier alpha value is -1.94. The first-order chi connectivity index (χ1) is 19.7. The molecule has 4 fully saturated rings. The fourth-order valence-corrected chi connectivity index (χ4v) is 8.71. The molecule has 0 aliphatic heterocycles. The molecule has 0 heterocycles. The van der Waals surface area contributed by atoms with Crippen LogP contribution in [0.4, 0.5) is 0 Å². The van der Waals surface area contributed by atoms with Crippen molar-refractivity contribution >= 4 is 0 Å². The largest absolute Gasteiger partial charge is 0.393 e. The molecule has 4 aliphatic carbocycles. The van der Waals surface area contributed by atoms with Gasteiger partial charge in [0.05, 0.1) is 18.3 Å². The normalized spacial score (nSPS) is 34.7. The van der Waals surface area contributed by atoms with Crippen LogP contribution in [0.2, 0.25) is 0 Å². The number of aryl methyl sites for hydroxylation is 1. The van der Waals surface area contributed by atoms with Crippen LogP contribution >= 0.6 is 0 Å². The van der Waals surface area contributed by atoms with E-state index < -0.39 is 18.3 Å². The van der Waals surface area contributed by atoms with Gasteiger partial charge in [-0.05, 0) is 110 Å². The van der Waals surface area contributed by atoms with Gasteiger partial charge in [0.2, 0.25) is 0 Å². The molecule has 3 nitrogen and oxygen atoms in total. The Bertz CT molecular complexity index is 1170. The van der Waals surface area contributed by atoms with Gasteiger partial charge in [-0.2, -0.15) is 0 Å². The molecule has 4 saturated carbocycles. The van der Waals surface area contributed by atoms with E-state index in [0.717, 1.165) is 36.8 Å². The number of fused-ring (bicyclic) bond motifs is 1. The maximum Gasteiger partial charge on any atom is 0.0817 e. The summed E-state index contributed by atoms with van der Waals surface area (Å²) in [6, 6.07) is 9.03. The maximum absolute atomic E-state index is 11.4. The van der Waals surface area contributed by atoms with Crippen LogP contribution in [-0.4, -0.2) is 33.6 Å². The molecule has 1 aromatic rings. The highest BCUT2D eigenvalue weighted by atomic mass is 16.3. The van der Waals surface area contributed by atoms with E-state index in [1.807, 2.05) is 0 Å². The van der Waals surface area contributed by atoms with Gasteiger partial charge in [-0.15, -0.1) is 0 Å². The molecule has 4 aliphatic rings. The molecule has 0 spiro atoms. The van der Waals surface area contributed by atoms with Crippen molar-refractivity contribution in [2.45, 2.75) is 128 Å². The van der Waals surface area contributed by atoms with Gasteiger partial charge in [0.25, 0.3) is 0 Å². The van der Waals surface area contributed by atoms with Crippen molar-refractivity contribution in [3.63, 3.8) is 0 Å². The minimum atomic E-state index is -0.636. The summed E-state index contributed by atoms with van der Waals surface area (Å²) in [6.07, 6.45) is 21.4. The number of aliphatic hydroxyl groups excluding tert-OH is 3. The fourth-order valence-electron chi connectivity index (χ4n) is 8.71. The number of unbranched alkanes of at least 4 members (excludes halogenated alkanes) is 2. The molecule has 1 aromatic carbocycles. The van der Waals surface area contributed by atoms with Crippen LogP contribution in [0, 0.1) is 23.2 Å². The third kappa shape index (κ3) is 6.38. The predicted octanol–water partition coefficient (Wildman–Crippen LogP) is 8.15. The summed E-state index contributed by atoms with van der Waals surface area (Å²) in [6.45, 7) is 11.2. The summed E-state index contributed by atoms with van der Waals surface area (Å²) in [5, 5.41) is 31.9. The van der Waals surface area contributed by atoms with E-state index in [9.17, 15) is 15.3 Å². The molecule has 3 heteroatoms. The van der Waals surface area contributed by atoms with Crippen LogP contribution in [0.1, 0.15) is 109 Å². The van der Waals surface area contributed by atoms with Gasteiger partial charge in [0, 0.05) is 11.8 Å². The number of allylic oxidation sites excluding steroid dienone is 4. The van der Waals surface area contributed by atoms with Crippen molar-refractivity contribution in [1.82, 2.24) is 0 Å². The zero-order valence-corrected chi connectivity index (χ0v) is 25.8. The lowest BCUT2D eigenvalue weighted by molar-refractivity contribution is 0.0862. The second-order valence-corrected chi connectivity index (χ2v) is 14.2. The van der Waals surface area contributed by atoms with Crippen molar-refractivity contribution < 1.29 is 15.3 Å². The molecule has 3 N–H and O–H groups in total. The average Bonchev–Trinajstić information content (AvgIpc) is 3.69. The first-order valence-electron chi connectivity index (χ1n) is 16.6. The van der Waals surface area contributed by atoms with Gasteiger partial charge in [-0.1, -0.05) is 94.3 Å². The van der Waals surface area contributed by atoms with Gasteiger partial charge in [-0.25, -0.2) is 0 Å². The van der Waals surface area contributed by atoms with Gasteiger partial charge in [-0.3, -0.25) is 0 Å². The molecule has 7 atom stereocenters. The molecule has 0 unspecified atom stereocenters. The highest BCUT2D eigenvalue weighted by molar-refractivity contribution is 5.39. The highest BCUT2D eigenvalue weighted by Crippen LogP contribution is 2.60. The third-order valence-electron chi connectivity index (χ3n) is 11.5. The maximum atomic E-state index is 11.4. The van der Waals surface area contributed by atoms with E-state index in [1.165, 1.54) is 61.6 Å². The van der Waals surface area contributed by atoms with E-state index in [2.05, 4.69) is 75.9 Å². The molecule has 5 rings (SSSR count). The lowest BCUT2D eigenvalue weighted by atomic mass is 9.61. The van der Waals surface area contributed by atoms with Crippen LogP contribution in [0.3, 0.4) is 0 Å². The topological polar surface area (TPSA) is 60.7 Å². The van der Waals surface area contributed by atoms with Gasteiger partial charge in [0.15, 0.2) is 0 Å². The van der Waals surface area contributed by atoms with E-state index in [-0.39, 0.29) is 10.8 Å². The van der Waals surface area contributed by atoms with Crippen LogP contribution in [0.25, 0.3) is 0 Å². The Kier molecular flexibility index (Phi) is 9.48. The quantitative estimate of drug-likeness (QED) is 0.201. The van der Waals surface area contributed by atoms with Crippen LogP contribution in [-0.2, 0) is 11.8 Å². The zero-order chi connectivity index (χ0) is 29.2. The molecule has 0 amide bonds. The molecule has 224 valence electrons. The standard InChI is InChI=1S/C38H54O3/c1-5-6-7-10-28-11-8-13-31(23-28)38(21-22-38)36(41)19-14-26(2)33-17-18-34-29(12-9-20-37(33,34)4)15-16-30-24-32(39)25-35(40)27(30)3/h8,11,13-16,19,23,26,32-36,39-41H,3,5-7,9-10,12,17-18,20-22,24-25H2,1-2,4H3/b19-14+,29-15+,30-16-/t26-,32-,33-,34+,35+,36+,37-/m1/s1. The summed E-state index contributed by atoms with van der Waals surface area (Å²) in [4.78, 5) is 0. The Balaban J connectivity index is 1.26. The Morgan fingerprint density at radius 2 is 1.88 bits per heavy atom. The molecule has 0 radical (unpaired) electrons. The summed E-state index contributed by atoms with van der Waals surface area (Å²) in [5.74, 6) is 1.62. The first kappa shape index (κ1) is 30.5. The number of benzene rings is 1. The molecular formula is C38H54O3. The smallest absolute Gasteiger partial charge is 0.0817 e. The highest BCUT2D eigenvalue weighted by Gasteiger charge is 2.51. The van der Waals surface area contributed by atoms with Crippen molar-refractivity contribution in [3.05, 3.63) is 83.0 Å². The average molecular weight is 559 g/mol. The van der Waals surface area contributed by atoms with E-state index >= 15 is 0 Å². The van der Waals surface area contributed by atoms with Crippen LogP contribution in [0.15, 0.2) is 71.9 Å². The summed E-state index contributed by atoms with van der Waals surface area (Å²) in [5.41, 5.74) is 6.19. The predicted molar refractivity (Wildman–Crippen MR) is 170 cm³/mol. The summed E-state index contributed by atoms with van der Waals surface area (Å²) >= 11 is 0. The van der Waals surface area contributed by atoms with Crippen molar-refractivity contribution in [2.24, 2.45) is 23.2 Å². The third-order valence-corrected chi connectivity index (χ3v) is 11.5. The van der Waals surface area contributed by atoms with Crippen molar-refractivity contribution in [2.75, 3.05) is 0 Å². The molecule has 41 heavy (non-hydrogen) atoms. The van der Waals surface area contributed by atoms with Crippen LogP contribution < -0.4 is 0 Å². The Morgan fingerprint density at radius 1 is 1.07 bits per heavy atom. The van der Waals surface area contributed by atoms with Crippen molar-refractivity contribution in [1.29, 1.82) is 0 Å². The summed E-state index contributed by atoms with van der Waals surface area (Å²) < 4.78 is 0. The number of aliphatic hydroxyl groups is 3. The molecule has 0 aromatic heterocycles. The fraction of sp³-hybridized carbons (Fsp3) is 0.632. The number of hydrogen-bond acceptors (Lipinski definition) is 3. The first-order valence-corrected chi connectivity index (χ1v) is 16.6. The second kappa shape index (κ2) is 12.7. The van der Waals surface area contributed by atoms with Gasteiger partial charge < -0.3 is 15.3 Å². The minimum absolute atomic E-state index is 0.0996. The lowest BCUT2D eigenvalue weighted by Crippen LogP contribution is -2.35. The minimum Gasteiger partial charge on any atom is -0.393 e.